The molecule has 2 aliphatic rings. The highest BCUT2D eigenvalue weighted by molar-refractivity contribution is 7.12. The van der Waals surface area contributed by atoms with Gasteiger partial charge in [-0.3, -0.25) is 0 Å². The molecule has 2 N–H and O–H groups in total. The van der Waals surface area contributed by atoms with Crippen LogP contribution in [0.5, 0.6) is 0 Å². The Labute approximate surface area is 114 Å². The summed E-state index contributed by atoms with van der Waals surface area (Å²) in [5.41, 5.74) is 1.64. The van der Waals surface area contributed by atoms with Gasteiger partial charge in [0, 0.05) is 22.3 Å². The monoisotopic (exact) mass is 264 g/mol. The zero-order chi connectivity index (χ0) is 12.2. The Kier molecular flexibility index (Phi) is 4.34. The maximum absolute atomic E-state index is 3.58. The number of hydrogen-bond acceptors (Lipinski definition) is 3. The molecule has 2 nitrogen and oxygen atoms in total. The normalized spacial score (nSPS) is 18.9. The molecule has 1 fully saturated rings. The van der Waals surface area contributed by atoms with Crippen LogP contribution in [-0.2, 0) is 19.4 Å². The van der Waals surface area contributed by atoms with Crippen molar-refractivity contribution in [3.63, 3.8) is 0 Å². The van der Waals surface area contributed by atoms with Crippen molar-refractivity contribution in [2.75, 3.05) is 13.1 Å². The van der Waals surface area contributed by atoms with Crippen molar-refractivity contribution in [3.05, 3.63) is 21.4 Å². The molecule has 1 saturated carbocycles. The molecule has 1 aromatic rings. The van der Waals surface area contributed by atoms with E-state index < -0.39 is 0 Å². The Morgan fingerprint density at radius 1 is 1.17 bits per heavy atom. The minimum atomic E-state index is 0.856. The second-order valence-electron chi connectivity index (χ2n) is 5.63. The molecule has 0 radical (unpaired) electrons. The lowest BCUT2D eigenvalue weighted by molar-refractivity contribution is 0.595. The van der Waals surface area contributed by atoms with Gasteiger partial charge < -0.3 is 10.6 Å². The van der Waals surface area contributed by atoms with Crippen LogP contribution in [0, 0.1) is 0 Å². The summed E-state index contributed by atoms with van der Waals surface area (Å²) in [4.78, 5) is 3.20. The molecule has 2 aliphatic carbocycles. The zero-order valence-corrected chi connectivity index (χ0v) is 12.0. The molecule has 0 bridgehead atoms. The lowest BCUT2D eigenvalue weighted by Gasteiger charge is -2.08. The number of thiophene rings is 1. The van der Waals surface area contributed by atoms with Crippen molar-refractivity contribution in [1.82, 2.24) is 10.6 Å². The maximum Gasteiger partial charge on any atom is 0.0299 e. The molecular weight excluding hydrogens is 240 g/mol. The molecule has 0 aliphatic heterocycles. The van der Waals surface area contributed by atoms with Gasteiger partial charge in [0.2, 0.25) is 0 Å². The highest BCUT2D eigenvalue weighted by atomic mass is 32.1. The van der Waals surface area contributed by atoms with Gasteiger partial charge in [-0.05, 0) is 69.7 Å². The molecule has 0 aromatic carbocycles. The van der Waals surface area contributed by atoms with Crippen LogP contribution in [0.2, 0.25) is 0 Å². The minimum absolute atomic E-state index is 0.856. The molecule has 18 heavy (non-hydrogen) atoms. The molecule has 0 saturated heterocycles. The third-order valence-electron chi connectivity index (χ3n) is 3.89. The van der Waals surface area contributed by atoms with Gasteiger partial charge in [-0.25, -0.2) is 0 Å². The largest absolute Gasteiger partial charge is 0.314 e. The zero-order valence-electron chi connectivity index (χ0n) is 11.1. The van der Waals surface area contributed by atoms with E-state index in [9.17, 15) is 0 Å². The second kappa shape index (κ2) is 6.18. The molecule has 100 valence electrons. The minimum Gasteiger partial charge on any atom is -0.314 e. The molecule has 3 rings (SSSR count). The Morgan fingerprint density at radius 3 is 2.89 bits per heavy atom. The average molecular weight is 264 g/mol. The standard InChI is InChI=1S/C15H24N2S/c1-2-5-15-12(4-1)10-14(18-15)11-16-8-3-9-17-13-6-7-13/h10,13,16-17H,1-9,11H2. The third-order valence-corrected chi connectivity index (χ3v) is 5.12. The Bertz CT molecular complexity index is 358. The first-order valence-electron chi connectivity index (χ1n) is 7.46. The summed E-state index contributed by atoms with van der Waals surface area (Å²) < 4.78 is 0. The van der Waals surface area contributed by atoms with Crippen molar-refractivity contribution >= 4 is 11.3 Å². The number of nitrogens with one attached hydrogen (secondary N) is 2. The van der Waals surface area contributed by atoms with E-state index in [1.54, 1.807) is 10.4 Å². The summed E-state index contributed by atoms with van der Waals surface area (Å²) in [5, 5.41) is 7.13. The first-order valence-corrected chi connectivity index (χ1v) is 8.28. The van der Waals surface area contributed by atoms with Crippen molar-refractivity contribution in [3.8, 4) is 0 Å². The van der Waals surface area contributed by atoms with Crippen molar-refractivity contribution in [2.24, 2.45) is 0 Å². The summed E-state index contributed by atoms with van der Waals surface area (Å²) in [6, 6.07) is 3.29. The fourth-order valence-corrected chi connectivity index (χ4v) is 3.89. The summed E-state index contributed by atoms with van der Waals surface area (Å²) in [6.45, 7) is 3.39. The van der Waals surface area contributed by atoms with E-state index in [1.165, 1.54) is 56.4 Å². The van der Waals surface area contributed by atoms with E-state index in [1.807, 2.05) is 11.3 Å². The van der Waals surface area contributed by atoms with Gasteiger partial charge in [0.25, 0.3) is 0 Å². The first kappa shape index (κ1) is 12.6. The lowest BCUT2D eigenvalue weighted by atomic mass is 9.99. The quantitative estimate of drug-likeness (QED) is 0.740. The van der Waals surface area contributed by atoms with Crippen LogP contribution in [0.1, 0.15) is 47.4 Å². The van der Waals surface area contributed by atoms with E-state index in [0.29, 0.717) is 0 Å². The van der Waals surface area contributed by atoms with Crippen LogP contribution in [0.4, 0.5) is 0 Å². The van der Waals surface area contributed by atoms with Crippen molar-refractivity contribution in [1.29, 1.82) is 0 Å². The van der Waals surface area contributed by atoms with Crippen LogP contribution in [0.25, 0.3) is 0 Å². The number of rotatable bonds is 7. The highest BCUT2D eigenvalue weighted by Gasteiger charge is 2.19. The lowest BCUT2D eigenvalue weighted by Crippen LogP contribution is -2.22. The Balaban J connectivity index is 1.33. The topological polar surface area (TPSA) is 24.1 Å². The van der Waals surface area contributed by atoms with Crippen LogP contribution in [-0.4, -0.2) is 19.1 Å². The van der Waals surface area contributed by atoms with Gasteiger partial charge in [0.15, 0.2) is 0 Å². The Morgan fingerprint density at radius 2 is 2.06 bits per heavy atom. The Hall–Kier alpha value is -0.380. The van der Waals surface area contributed by atoms with Crippen LogP contribution in [0.15, 0.2) is 6.07 Å². The van der Waals surface area contributed by atoms with E-state index in [0.717, 1.165) is 19.1 Å². The van der Waals surface area contributed by atoms with Gasteiger partial charge in [-0.1, -0.05) is 0 Å². The second-order valence-corrected chi connectivity index (χ2v) is 6.85. The molecule has 3 heteroatoms. The molecular formula is C15H24N2S. The molecule has 0 unspecified atom stereocenters. The smallest absolute Gasteiger partial charge is 0.0299 e. The van der Waals surface area contributed by atoms with Gasteiger partial charge >= 0.3 is 0 Å². The molecule has 0 atom stereocenters. The molecule has 1 aromatic heterocycles. The fraction of sp³-hybridized carbons (Fsp3) is 0.733. The summed E-state index contributed by atoms with van der Waals surface area (Å²) in [6.07, 6.45) is 9.48. The summed E-state index contributed by atoms with van der Waals surface area (Å²) in [7, 11) is 0. The fourth-order valence-electron chi connectivity index (χ4n) is 2.66. The third kappa shape index (κ3) is 3.56. The maximum atomic E-state index is 3.58. The predicted molar refractivity (Wildman–Crippen MR) is 78.3 cm³/mol. The van der Waals surface area contributed by atoms with Crippen molar-refractivity contribution < 1.29 is 0 Å². The molecule has 1 heterocycles. The van der Waals surface area contributed by atoms with Gasteiger partial charge in [0.1, 0.15) is 0 Å². The van der Waals surface area contributed by atoms with Gasteiger partial charge in [0.05, 0.1) is 0 Å². The number of aryl methyl sites for hydroxylation is 2. The van der Waals surface area contributed by atoms with E-state index in [4.69, 9.17) is 0 Å². The van der Waals surface area contributed by atoms with Gasteiger partial charge in [-0.15, -0.1) is 11.3 Å². The molecule has 0 spiro atoms. The van der Waals surface area contributed by atoms with Crippen LogP contribution < -0.4 is 10.6 Å². The first-order chi connectivity index (χ1) is 8.92. The predicted octanol–water partition coefficient (Wildman–Crippen LogP) is 2.86. The van der Waals surface area contributed by atoms with E-state index in [-0.39, 0.29) is 0 Å². The van der Waals surface area contributed by atoms with Crippen LogP contribution >= 0.6 is 11.3 Å². The SMILES string of the molecule is c1c(CNCCCNC2CC2)sc2c1CCCC2. The average Bonchev–Trinajstić information content (AvgIpc) is 3.11. The highest BCUT2D eigenvalue weighted by Crippen LogP contribution is 2.29. The van der Waals surface area contributed by atoms with Gasteiger partial charge in [-0.2, -0.15) is 0 Å². The van der Waals surface area contributed by atoms with Crippen molar-refractivity contribution in [2.45, 2.75) is 57.5 Å². The summed E-state index contributed by atoms with van der Waals surface area (Å²) >= 11 is 2.04. The number of hydrogen-bond donors (Lipinski definition) is 2. The number of fused-ring (bicyclic) bond motifs is 1. The van der Waals surface area contributed by atoms with Crippen LogP contribution in [0.3, 0.4) is 0 Å². The molecule has 0 amide bonds. The summed E-state index contributed by atoms with van der Waals surface area (Å²) in [5.74, 6) is 0. The van der Waals surface area contributed by atoms with E-state index >= 15 is 0 Å². The van der Waals surface area contributed by atoms with E-state index in [2.05, 4.69) is 16.7 Å².